The summed E-state index contributed by atoms with van der Waals surface area (Å²) in [5.41, 5.74) is 1.23. The lowest BCUT2D eigenvalue weighted by atomic mass is 9.76. The van der Waals surface area contributed by atoms with Crippen LogP contribution in [0.25, 0.3) is 0 Å². The fraction of sp³-hybridized carbons (Fsp3) is 0.333. The van der Waals surface area contributed by atoms with Gasteiger partial charge in [0, 0.05) is 12.1 Å². The van der Waals surface area contributed by atoms with E-state index in [1.165, 1.54) is 19.2 Å². The number of methoxy groups -OCH3 is 1. The molecular formula is C21H25BCl2N2O5. The third kappa shape index (κ3) is 8.16. The Morgan fingerprint density at radius 2 is 1.81 bits per heavy atom. The normalized spacial score (nSPS) is 12.7. The molecule has 2 amide bonds. The minimum atomic E-state index is -1.75. The quantitative estimate of drug-likeness (QED) is 0.380. The maximum atomic E-state index is 12.7. The number of hydrogen-bond acceptors (Lipinski definition) is 5. The van der Waals surface area contributed by atoms with Crippen molar-refractivity contribution >= 4 is 42.1 Å². The second-order valence-corrected chi connectivity index (χ2v) is 7.86. The highest BCUT2D eigenvalue weighted by atomic mass is 35.5. The van der Waals surface area contributed by atoms with Gasteiger partial charge in [-0.3, -0.25) is 9.59 Å². The van der Waals surface area contributed by atoms with Crippen molar-refractivity contribution in [1.29, 1.82) is 0 Å². The number of benzene rings is 2. The molecule has 0 radical (unpaired) electrons. The van der Waals surface area contributed by atoms with Crippen molar-refractivity contribution < 1.29 is 24.4 Å². The van der Waals surface area contributed by atoms with Crippen LogP contribution in [0.4, 0.5) is 0 Å². The lowest BCUT2D eigenvalue weighted by Gasteiger charge is -2.23. The fourth-order valence-electron chi connectivity index (χ4n) is 3.01. The standard InChI is InChI=1S/C21H25BCl2N2O5/c1-31-13-18(25-20(27)16-12-15(23)10-11-17(16)24)21(28)26-19(22(29)30)9-5-8-14-6-3-2-4-7-14/h2-4,6-7,10-12,18-19,29-30H,5,8-9,13H2,1H3,(H,25,27)(H,26,28)/t18-,19+/m1/s1. The summed E-state index contributed by atoms with van der Waals surface area (Å²) in [7, 11) is -0.363. The summed E-state index contributed by atoms with van der Waals surface area (Å²) >= 11 is 12.0. The molecule has 0 aliphatic carbocycles. The van der Waals surface area contributed by atoms with Crippen LogP contribution < -0.4 is 10.6 Å². The zero-order chi connectivity index (χ0) is 22.8. The molecular weight excluding hydrogens is 442 g/mol. The fourth-order valence-corrected chi connectivity index (χ4v) is 3.38. The molecule has 2 aromatic rings. The molecule has 166 valence electrons. The lowest BCUT2D eigenvalue weighted by Crippen LogP contribution is -2.55. The summed E-state index contributed by atoms with van der Waals surface area (Å²) in [6.07, 6.45) is 1.70. The van der Waals surface area contributed by atoms with Crippen molar-refractivity contribution in [3.63, 3.8) is 0 Å². The van der Waals surface area contributed by atoms with E-state index in [2.05, 4.69) is 10.6 Å². The Morgan fingerprint density at radius 3 is 2.45 bits per heavy atom. The van der Waals surface area contributed by atoms with E-state index in [0.29, 0.717) is 17.9 Å². The van der Waals surface area contributed by atoms with Gasteiger partial charge in [0.15, 0.2) is 0 Å². The Kier molecular flexibility index (Phi) is 10.3. The van der Waals surface area contributed by atoms with E-state index in [9.17, 15) is 19.6 Å². The number of halogens is 2. The average molecular weight is 467 g/mol. The van der Waals surface area contributed by atoms with Gasteiger partial charge in [0.1, 0.15) is 6.04 Å². The number of amides is 2. The molecule has 0 fully saturated rings. The first kappa shape index (κ1) is 25.2. The minimum Gasteiger partial charge on any atom is -0.426 e. The van der Waals surface area contributed by atoms with Crippen LogP contribution in [0.2, 0.25) is 10.0 Å². The van der Waals surface area contributed by atoms with Gasteiger partial charge in [-0.1, -0.05) is 53.5 Å². The van der Waals surface area contributed by atoms with Crippen LogP contribution in [-0.4, -0.2) is 54.7 Å². The SMILES string of the molecule is COC[C@@H](NC(=O)c1cc(Cl)ccc1Cl)C(=O)N[C@@H](CCCc1ccccc1)B(O)O. The smallest absolute Gasteiger partial charge is 0.426 e. The summed E-state index contributed by atoms with van der Waals surface area (Å²) in [4.78, 5) is 25.3. The van der Waals surface area contributed by atoms with Gasteiger partial charge in [-0.15, -0.1) is 0 Å². The zero-order valence-corrected chi connectivity index (χ0v) is 18.6. The topological polar surface area (TPSA) is 108 Å². The van der Waals surface area contributed by atoms with E-state index in [-0.39, 0.29) is 17.2 Å². The van der Waals surface area contributed by atoms with Crippen LogP contribution in [0.3, 0.4) is 0 Å². The highest BCUT2D eigenvalue weighted by Gasteiger charge is 2.29. The van der Waals surface area contributed by atoms with Crippen LogP contribution in [0.1, 0.15) is 28.8 Å². The Labute approximate surface area is 191 Å². The molecule has 2 aromatic carbocycles. The van der Waals surface area contributed by atoms with Gasteiger partial charge in [0.2, 0.25) is 5.91 Å². The van der Waals surface area contributed by atoms with Gasteiger partial charge in [0.25, 0.3) is 5.91 Å². The molecule has 31 heavy (non-hydrogen) atoms. The van der Waals surface area contributed by atoms with Gasteiger partial charge in [-0.25, -0.2) is 0 Å². The highest BCUT2D eigenvalue weighted by molar-refractivity contribution is 6.43. The van der Waals surface area contributed by atoms with E-state index in [1.807, 2.05) is 30.3 Å². The van der Waals surface area contributed by atoms with Gasteiger partial charge >= 0.3 is 7.12 Å². The Balaban J connectivity index is 1.99. The maximum Gasteiger partial charge on any atom is 0.475 e. The van der Waals surface area contributed by atoms with E-state index < -0.39 is 30.9 Å². The van der Waals surface area contributed by atoms with E-state index in [0.717, 1.165) is 12.0 Å². The molecule has 0 aliphatic heterocycles. The molecule has 2 atom stereocenters. The number of carbonyl (C=O) groups is 2. The molecule has 0 spiro atoms. The first-order valence-corrected chi connectivity index (χ1v) is 10.5. The van der Waals surface area contributed by atoms with Gasteiger partial charge in [0.05, 0.1) is 23.1 Å². The molecule has 0 saturated heterocycles. The second-order valence-electron chi connectivity index (χ2n) is 7.01. The van der Waals surface area contributed by atoms with Gasteiger partial charge in [-0.2, -0.15) is 0 Å². The van der Waals surface area contributed by atoms with Crippen molar-refractivity contribution in [3.05, 3.63) is 69.7 Å². The van der Waals surface area contributed by atoms with Crippen molar-refractivity contribution in [2.45, 2.75) is 31.2 Å². The molecule has 0 aliphatic rings. The molecule has 10 heteroatoms. The summed E-state index contributed by atoms with van der Waals surface area (Å²) < 4.78 is 5.04. The monoisotopic (exact) mass is 466 g/mol. The Morgan fingerprint density at radius 1 is 1.10 bits per heavy atom. The number of carbonyl (C=O) groups excluding carboxylic acids is 2. The van der Waals surface area contributed by atoms with E-state index >= 15 is 0 Å². The number of hydrogen-bond donors (Lipinski definition) is 4. The summed E-state index contributed by atoms with van der Waals surface area (Å²) in [6.45, 7) is -0.117. The number of nitrogens with one attached hydrogen (secondary N) is 2. The van der Waals surface area contributed by atoms with Crippen molar-refractivity contribution in [3.8, 4) is 0 Å². The minimum absolute atomic E-state index is 0.115. The van der Waals surface area contributed by atoms with E-state index in [4.69, 9.17) is 27.9 Å². The molecule has 7 nitrogen and oxygen atoms in total. The highest BCUT2D eigenvalue weighted by Crippen LogP contribution is 2.20. The molecule has 0 bridgehead atoms. The first-order chi connectivity index (χ1) is 14.8. The van der Waals surface area contributed by atoms with Crippen molar-refractivity contribution in [2.75, 3.05) is 13.7 Å². The van der Waals surface area contributed by atoms with Crippen LogP contribution >= 0.6 is 23.2 Å². The third-order valence-corrected chi connectivity index (χ3v) is 5.20. The molecule has 2 rings (SSSR count). The molecule has 0 aromatic heterocycles. The van der Waals surface area contributed by atoms with Gasteiger partial charge < -0.3 is 25.4 Å². The first-order valence-electron chi connectivity index (χ1n) is 9.77. The largest absolute Gasteiger partial charge is 0.475 e. The van der Waals surface area contributed by atoms with Crippen molar-refractivity contribution in [2.24, 2.45) is 0 Å². The Hall–Kier alpha value is -2.10. The van der Waals surface area contributed by atoms with Crippen LogP contribution in [0, 0.1) is 0 Å². The summed E-state index contributed by atoms with van der Waals surface area (Å²) in [5.74, 6) is -2.11. The summed E-state index contributed by atoms with van der Waals surface area (Å²) in [5, 5.41) is 25.0. The lowest BCUT2D eigenvalue weighted by molar-refractivity contribution is -0.124. The maximum absolute atomic E-state index is 12.7. The molecule has 0 unspecified atom stereocenters. The van der Waals surface area contributed by atoms with Gasteiger partial charge in [-0.05, 0) is 43.0 Å². The third-order valence-electron chi connectivity index (χ3n) is 4.64. The number of aryl methyl sites for hydroxylation is 1. The predicted molar refractivity (Wildman–Crippen MR) is 121 cm³/mol. The van der Waals surface area contributed by atoms with Crippen LogP contribution in [0.5, 0.6) is 0 Å². The average Bonchev–Trinajstić information content (AvgIpc) is 2.74. The number of ether oxygens (including phenoxy) is 1. The second kappa shape index (κ2) is 12.7. The predicted octanol–water partition coefficient (Wildman–Crippen LogP) is 2.26. The van der Waals surface area contributed by atoms with Crippen LogP contribution in [0.15, 0.2) is 48.5 Å². The summed E-state index contributed by atoms with van der Waals surface area (Å²) in [6, 6.07) is 13.1. The van der Waals surface area contributed by atoms with Crippen molar-refractivity contribution in [1.82, 2.24) is 10.6 Å². The number of rotatable bonds is 11. The molecule has 4 N–H and O–H groups in total. The Bertz CT molecular complexity index is 870. The van der Waals surface area contributed by atoms with Crippen LogP contribution in [-0.2, 0) is 16.0 Å². The zero-order valence-electron chi connectivity index (χ0n) is 17.1. The molecule has 0 saturated carbocycles. The molecule has 0 heterocycles. The van der Waals surface area contributed by atoms with E-state index in [1.54, 1.807) is 6.07 Å².